The van der Waals surface area contributed by atoms with Crippen LogP contribution in [0.4, 0.5) is 0 Å². The van der Waals surface area contributed by atoms with Crippen LogP contribution in [0.3, 0.4) is 0 Å². The van der Waals surface area contributed by atoms with Gasteiger partial charge in [-0.25, -0.2) is 4.79 Å². The van der Waals surface area contributed by atoms with Crippen molar-refractivity contribution >= 4 is 38.7 Å². The molecule has 0 amide bonds. The monoisotopic (exact) mass is 356 g/mol. The predicted octanol–water partition coefficient (Wildman–Crippen LogP) is 1.34. The van der Waals surface area contributed by atoms with Crippen LogP contribution in [0.2, 0.25) is 0 Å². The summed E-state index contributed by atoms with van der Waals surface area (Å²) in [6, 6.07) is 6.70. The van der Waals surface area contributed by atoms with Crippen molar-refractivity contribution in [3.63, 3.8) is 0 Å². The number of carbonyl (C=O) groups excluding carboxylic acids is 1. The molecule has 0 aliphatic carbocycles. The summed E-state index contributed by atoms with van der Waals surface area (Å²) in [5, 5.41) is 0. The third-order valence-corrected chi connectivity index (χ3v) is 2.99. The van der Waals surface area contributed by atoms with Gasteiger partial charge in [-0.05, 0) is 40.8 Å². The molecule has 1 aromatic rings. The zero-order valence-electron chi connectivity index (χ0n) is 8.09. The Hall–Kier alpha value is -0.670. The lowest BCUT2D eigenvalue weighted by molar-refractivity contribution is 0.0528. The van der Waals surface area contributed by atoms with E-state index in [9.17, 15) is 13.2 Å². The van der Waals surface area contributed by atoms with Crippen LogP contribution in [-0.4, -0.2) is 31.3 Å². The molecule has 0 aromatic heterocycles. The molecular formula is C9H9IO5S. The Bertz CT molecular complexity index is 482. The number of halogens is 1. The minimum Gasteiger partial charge on any atom is -0.461 e. The molecule has 5 nitrogen and oxygen atoms in total. The highest BCUT2D eigenvalue weighted by Crippen LogP contribution is 2.08. The van der Waals surface area contributed by atoms with Gasteiger partial charge in [0.1, 0.15) is 12.4 Å². The normalized spacial score (nSPS) is 11.1. The maximum absolute atomic E-state index is 11.4. The first kappa shape index (κ1) is 13.4. The van der Waals surface area contributed by atoms with Gasteiger partial charge in [0, 0.05) is 3.57 Å². The molecule has 88 valence electrons. The van der Waals surface area contributed by atoms with Crippen LogP contribution < -0.4 is 0 Å². The first-order chi connectivity index (χ1) is 7.38. The van der Waals surface area contributed by atoms with E-state index in [1.165, 1.54) is 0 Å². The molecule has 0 heterocycles. The number of carbonyl (C=O) groups is 1. The number of rotatable bonds is 4. The van der Waals surface area contributed by atoms with Crippen molar-refractivity contribution < 1.29 is 22.5 Å². The highest BCUT2D eigenvalue weighted by molar-refractivity contribution is 14.1. The van der Waals surface area contributed by atoms with Gasteiger partial charge in [0.15, 0.2) is 0 Å². The Labute approximate surface area is 107 Å². The van der Waals surface area contributed by atoms with Crippen molar-refractivity contribution in [1.82, 2.24) is 0 Å². The first-order valence-electron chi connectivity index (χ1n) is 4.26. The van der Waals surface area contributed by atoms with E-state index in [-0.39, 0.29) is 6.61 Å². The van der Waals surface area contributed by atoms with Gasteiger partial charge in [-0.1, -0.05) is 6.07 Å². The number of benzene rings is 1. The topological polar surface area (TPSA) is 80.7 Å². The van der Waals surface area contributed by atoms with E-state index >= 15 is 0 Å². The lowest BCUT2D eigenvalue weighted by Gasteiger charge is -2.03. The van der Waals surface area contributed by atoms with E-state index in [4.69, 9.17) is 4.55 Å². The highest BCUT2D eigenvalue weighted by Gasteiger charge is 2.10. The molecule has 0 aliphatic heterocycles. The van der Waals surface area contributed by atoms with Crippen molar-refractivity contribution in [1.29, 1.82) is 0 Å². The number of hydrogen-bond acceptors (Lipinski definition) is 4. The molecule has 16 heavy (non-hydrogen) atoms. The Morgan fingerprint density at radius 2 is 2.12 bits per heavy atom. The summed E-state index contributed by atoms with van der Waals surface area (Å²) < 4.78 is 34.7. The Kier molecular flexibility index (Phi) is 4.69. The maximum Gasteiger partial charge on any atom is 0.338 e. The standard InChI is InChI=1S/C9H9IO5S/c10-8-3-1-2-7(6-8)9(11)15-4-5-16(12,13)14/h1-3,6H,4-5H2,(H,12,13,14). The Morgan fingerprint density at radius 1 is 1.44 bits per heavy atom. The van der Waals surface area contributed by atoms with E-state index in [2.05, 4.69) is 4.74 Å². The van der Waals surface area contributed by atoms with Gasteiger partial charge in [0.25, 0.3) is 10.1 Å². The summed E-state index contributed by atoms with van der Waals surface area (Å²) in [5.74, 6) is -1.20. The van der Waals surface area contributed by atoms with Gasteiger partial charge in [0.05, 0.1) is 5.56 Å². The van der Waals surface area contributed by atoms with Crippen molar-refractivity contribution in [2.75, 3.05) is 12.4 Å². The van der Waals surface area contributed by atoms with Crippen LogP contribution >= 0.6 is 22.6 Å². The summed E-state index contributed by atoms with van der Waals surface area (Å²) in [6.45, 7) is -0.358. The second-order valence-electron chi connectivity index (χ2n) is 2.93. The lowest BCUT2D eigenvalue weighted by Crippen LogP contribution is -2.14. The fraction of sp³-hybridized carbons (Fsp3) is 0.222. The Morgan fingerprint density at radius 3 is 2.69 bits per heavy atom. The van der Waals surface area contributed by atoms with Crippen LogP contribution in [0.15, 0.2) is 24.3 Å². The van der Waals surface area contributed by atoms with Crippen molar-refractivity contribution in [3.8, 4) is 0 Å². The maximum atomic E-state index is 11.4. The largest absolute Gasteiger partial charge is 0.461 e. The highest BCUT2D eigenvalue weighted by atomic mass is 127. The minimum atomic E-state index is -4.09. The molecule has 1 N–H and O–H groups in total. The first-order valence-corrected chi connectivity index (χ1v) is 6.95. The second-order valence-corrected chi connectivity index (χ2v) is 5.75. The summed E-state index contributed by atoms with van der Waals surface area (Å²) in [7, 11) is -4.09. The SMILES string of the molecule is O=C(OCCS(=O)(=O)O)c1cccc(I)c1. The van der Waals surface area contributed by atoms with E-state index in [1.54, 1.807) is 18.2 Å². The van der Waals surface area contributed by atoms with Gasteiger partial charge in [-0.2, -0.15) is 8.42 Å². The molecule has 7 heteroatoms. The van der Waals surface area contributed by atoms with Crippen molar-refractivity contribution in [3.05, 3.63) is 33.4 Å². The van der Waals surface area contributed by atoms with Gasteiger partial charge >= 0.3 is 5.97 Å². The summed E-state index contributed by atoms with van der Waals surface area (Å²) >= 11 is 2.05. The second kappa shape index (κ2) is 5.60. The van der Waals surface area contributed by atoms with E-state index in [0.29, 0.717) is 5.56 Å². The molecule has 0 unspecified atom stereocenters. The summed E-state index contributed by atoms with van der Waals surface area (Å²) in [4.78, 5) is 11.4. The molecule has 0 radical (unpaired) electrons. The van der Waals surface area contributed by atoms with Gasteiger partial charge < -0.3 is 4.74 Å². The average molecular weight is 356 g/mol. The fourth-order valence-corrected chi connectivity index (χ4v) is 1.78. The minimum absolute atomic E-state index is 0.349. The van der Waals surface area contributed by atoms with Gasteiger partial charge in [0.2, 0.25) is 0 Å². The zero-order valence-corrected chi connectivity index (χ0v) is 11.1. The molecule has 1 rings (SSSR count). The molecule has 0 atom stereocenters. The van der Waals surface area contributed by atoms with Crippen molar-refractivity contribution in [2.24, 2.45) is 0 Å². The molecule has 0 saturated carbocycles. The van der Waals surface area contributed by atoms with Crippen molar-refractivity contribution in [2.45, 2.75) is 0 Å². The lowest BCUT2D eigenvalue weighted by atomic mass is 10.2. The smallest absolute Gasteiger partial charge is 0.338 e. The fourth-order valence-electron chi connectivity index (χ4n) is 0.938. The predicted molar refractivity (Wildman–Crippen MR) is 65.9 cm³/mol. The van der Waals surface area contributed by atoms with E-state index in [1.807, 2.05) is 28.7 Å². The third kappa shape index (κ3) is 4.90. The van der Waals surface area contributed by atoms with E-state index in [0.717, 1.165) is 3.57 Å². The average Bonchev–Trinajstić information content (AvgIpc) is 2.15. The van der Waals surface area contributed by atoms with Crippen LogP contribution in [0.1, 0.15) is 10.4 Å². The Balaban J connectivity index is 2.54. The van der Waals surface area contributed by atoms with Crippen LogP contribution in [-0.2, 0) is 14.9 Å². The third-order valence-electron chi connectivity index (χ3n) is 1.63. The summed E-state index contributed by atoms with van der Waals surface area (Å²) in [6.07, 6.45) is 0. The van der Waals surface area contributed by atoms with E-state index < -0.39 is 21.8 Å². The molecule has 0 bridgehead atoms. The van der Waals surface area contributed by atoms with Crippen LogP contribution in [0.25, 0.3) is 0 Å². The number of hydrogen-bond donors (Lipinski definition) is 1. The molecule has 0 saturated heterocycles. The number of ether oxygens (including phenoxy) is 1. The zero-order chi connectivity index (χ0) is 12.2. The molecular weight excluding hydrogens is 347 g/mol. The molecule has 0 fully saturated rings. The number of esters is 1. The molecule has 1 aromatic carbocycles. The molecule has 0 aliphatic rings. The molecule has 0 spiro atoms. The van der Waals surface area contributed by atoms with Crippen LogP contribution in [0.5, 0.6) is 0 Å². The quantitative estimate of drug-likeness (QED) is 0.500. The summed E-state index contributed by atoms with van der Waals surface area (Å²) in [5.41, 5.74) is 0.349. The van der Waals surface area contributed by atoms with Crippen LogP contribution in [0, 0.1) is 3.57 Å². The van der Waals surface area contributed by atoms with Gasteiger partial charge in [-0.3, -0.25) is 4.55 Å². The van der Waals surface area contributed by atoms with Gasteiger partial charge in [-0.15, -0.1) is 0 Å².